The van der Waals surface area contributed by atoms with Crippen molar-refractivity contribution in [3.8, 4) is 0 Å². The Bertz CT molecular complexity index is 1170. The average Bonchev–Trinajstić information content (AvgIpc) is 3.44. The Morgan fingerprint density at radius 2 is 1.92 bits per heavy atom. The van der Waals surface area contributed by atoms with Crippen molar-refractivity contribution in [2.45, 2.75) is 101 Å². The summed E-state index contributed by atoms with van der Waals surface area (Å²) in [4.78, 5) is 37.7. The SMILES string of the molecule is CC1(C)OC2C[C@H]3[C@@H]4C[C@H](F)C5=CC(=O)C=C[C@]5(C)[C@@]4(F)[C@@H](O)C[C@]3(C)[C@]2(C(=O)CSC2CCC(=O)O2)O1. The number of thioether (sulfide) groups is 1. The number of esters is 1. The van der Waals surface area contributed by atoms with E-state index in [9.17, 15) is 19.5 Å². The van der Waals surface area contributed by atoms with Gasteiger partial charge in [0.05, 0.1) is 18.0 Å². The van der Waals surface area contributed by atoms with Gasteiger partial charge in [-0.15, -0.1) is 11.8 Å². The van der Waals surface area contributed by atoms with Gasteiger partial charge in [0.2, 0.25) is 0 Å². The number of rotatable bonds is 4. The molecule has 2 heterocycles. The fourth-order valence-corrected chi connectivity index (χ4v) is 9.71. The molecule has 2 aliphatic heterocycles. The predicted octanol–water partition coefficient (Wildman–Crippen LogP) is 3.77. The monoisotopic (exact) mass is 552 g/mol. The van der Waals surface area contributed by atoms with E-state index in [1.807, 2.05) is 6.92 Å². The van der Waals surface area contributed by atoms with Gasteiger partial charge >= 0.3 is 5.97 Å². The molecule has 10 atom stereocenters. The average molecular weight is 553 g/mol. The summed E-state index contributed by atoms with van der Waals surface area (Å²) < 4.78 is 51.2. The molecule has 4 aliphatic carbocycles. The van der Waals surface area contributed by atoms with E-state index in [1.54, 1.807) is 20.8 Å². The third-order valence-corrected chi connectivity index (χ3v) is 11.4. The highest BCUT2D eigenvalue weighted by molar-refractivity contribution is 8.00. The summed E-state index contributed by atoms with van der Waals surface area (Å²) in [5.74, 6) is -3.48. The summed E-state index contributed by atoms with van der Waals surface area (Å²) in [5.41, 5.74) is -6.61. The minimum Gasteiger partial charge on any atom is -0.451 e. The van der Waals surface area contributed by atoms with E-state index in [1.165, 1.54) is 30.0 Å². The summed E-state index contributed by atoms with van der Waals surface area (Å²) in [5, 5.41) is 11.6. The molecule has 6 rings (SSSR count). The first-order valence-corrected chi connectivity index (χ1v) is 14.4. The van der Waals surface area contributed by atoms with Crippen LogP contribution in [0.3, 0.4) is 0 Å². The number of hydrogen-bond acceptors (Lipinski definition) is 8. The van der Waals surface area contributed by atoms with Gasteiger partial charge in [-0.3, -0.25) is 14.4 Å². The highest BCUT2D eigenvalue weighted by atomic mass is 32.2. The Labute approximate surface area is 224 Å². The molecule has 0 spiro atoms. The number of carbonyl (C=O) groups is 3. The number of cyclic esters (lactones) is 1. The van der Waals surface area contributed by atoms with Crippen molar-refractivity contribution in [1.82, 2.24) is 0 Å². The third kappa shape index (κ3) is 3.26. The highest BCUT2D eigenvalue weighted by Crippen LogP contribution is 2.72. The maximum Gasteiger partial charge on any atom is 0.307 e. The molecule has 6 aliphatic rings. The second-order valence-electron chi connectivity index (χ2n) is 12.6. The summed E-state index contributed by atoms with van der Waals surface area (Å²) in [6.45, 7) is 6.84. The van der Waals surface area contributed by atoms with Crippen LogP contribution < -0.4 is 0 Å². The Balaban J connectivity index is 1.39. The molecule has 1 N–H and O–H groups in total. The van der Waals surface area contributed by atoms with Crippen LogP contribution in [0.15, 0.2) is 23.8 Å². The number of aliphatic hydroxyl groups excluding tert-OH is 1. The molecule has 208 valence electrons. The molecule has 2 unspecified atom stereocenters. The number of ketones is 2. The minimum absolute atomic E-state index is 0.00108. The zero-order chi connectivity index (χ0) is 27.5. The normalized spacial score (nSPS) is 50.6. The molecule has 2 saturated heterocycles. The molecular formula is C28H34F2O7S. The van der Waals surface area contributed by atoms with Crippen molar-refractivity contribution in [2.24, 2.45) is 22.7 Å². The number of Topliss-reactive ketones (excluding diaryl/α,β-unsaturated/α-hetero) is 1. The Kier molecular flexibility index (Phi) is 5.74. The molecule has 7 nitrogen and oxygen atoms in total. The van der Waals surface area contributed by atoms with Gasteiger partial charge in [-0.25, -0.2) is 8.78 Å². The van der Waals surface area contributed by atoms with Crippen LogP contribution in [0, 0.1) is 22.7 Å². The number of halogens is 2. The quantitative estimate of drug-likeness (QED) is 0.527. The molecule has 5 fully saturated rings. The zero-order valence-electron chi connectivity index (χ0n) is 22.0. The predicted molar refractivity (Wildman–Crippen MR) is 133 cm³/mol. The second-order valence-corrected chi connectivity index (χ2v) is 13.8. The topological polar surface area (TPSA) is 99.1 Å². The summed E-state index contributed by atoms with van der Waals surface area (Å²) >= 11 is 1.23. The van der Waals surface area contributed by atoms with E-state index in [2.05, 4.69) is 0 Å². The first-order chi connectivity index (χ1) is 17.7. The van der Waals surface area contributed by atoms with E-state index in [0.717, 1.165) is 0 Å². The summed E-state index contributed by atoms with van der Waals surface area (Å²) in [6.07, 6.45) is 0.830. The number of hydrogen-bond donors (Lipinski definition) is 1. The largest absolute Gasteiger partial charge is 0.451 e. The third-order valence-electron chi connectivity index (χ3n) is 10.3. The second kappa shape index (κ2) is 8.21. The van der Waals surface area contributed by atoms with E-state index in [0.29, 0.717) is 12.8 Å². The van der Waals surface area contributed by atoms with Crippen LogP contribution >= 0.6 is 11.8 Å². The van der Waals surface area contributed by atoms with Crippen LogP contribution in [0.4, 0.5) is 8.78 Å². The molecule has 0 bridgehead atoms. The first-order valence-electron chi connectivity index (χ1n) is 13.4. The maximum absolute atomic E-state index is 17.4. The van der Waals surface area contributed by atoms with E-state index < -0.39 is 69.3 Å². The van der Waals surface area contributed by atoms with E-state index in [-0.39, 0.29) is 42.3 Å². The summed E-state index contributed by atoms with van der Waals surface area (Å²) in [7, 11) is 0. The molecule has 0 aromatic carbocycles. The smallest absolute Gasteiger partial charge is 0.307 e. The number of carbonyl (C=O) groups excluding carboxylic acids is 3. The lowest BCUT2D eigenvalue weighted by molar-refractivity contribution is -0.247. The van der Waals surface area contributed by atoms with E-state index >= 15 is 8.78 Å². The number of ether oxygens (including phenoxy) is 3. The summed E-state index contributed by atoms with van der Waals surface area (Å²) in [6, 6.07) is 0. The van der Waals surface area contributed by atoms with Crippen LogP contribution in [0.2, 0.25) is 0 Å². The fourth-order valence-electron chi connectivity index (χ4n) is 8.70. The van der Waals surface area contributed by atoms with Gasteiger partial charge in [0.1, 0.15) is 11.6 Å². The number of allylic oxidation sites excluding steroid dienone is 4. The molecular weight excluding hydrogens is 518 g/mol. The van der Waals surface area contributed by atoms with Crippen LogP contribution in [0.1, 0.15) is 59.8 Å². The lowest BCUT2D eigenvalue weighted by Gasteiger charge is -2.63. The van der Waals surface area contributed by atoms with Gasteiger partial charge in [-0.05, 0) is 63.7 Å². The van der Waals surface area contributed by atoms with Gasteiger partial charge in [0.25, 0.3) is 0 Å². The van der Waals surface area contributed by atoms with Crippen molar-refractivity contribution in [1.29, 1.82) is 0 Å². The first kappa shape index (κ1) is 26.6. The standard InChI is InChI=1S/C28H34F2O7S/c1-24(2)36-21-11-15-16-10-18(29)17-9-14(31)7-8-25(17,3)27(16,30)19(32)12-26(15,4)28(21,37-24)20(33)13-38-23-6-5-22(34)35-23/h7-9,15-16,18-19,21,23,32H,5-6,10-13H2,1-4H3/t15-,16-,18-,19-,21?,23?,25-,26-,27-,28+/m0/s1. The molecule has 0 aromatic heterocycles. The molecule has 10 heteroatoms. The van der Waals surface area contributed by atoms with Crippen LogP contribution in [-0.2, 0) is 28.6 Å². The zero-order valence-corrected chi connectivity index (χ0v) is 22.8. The van der Waals surface area contributed by atoms with Gasteiger partial charge in [0.15, 0.2) is 28.6 Å². The van der Waals surface area contributed by atoms with Crippen molar-refractivity contribution in [3.63, 3.8) is 0 Å². The molecule has 3 saturated carbocycles. The Morgan fingerprint density at radius 3 is 2.61 bits per heavy atom. The lowest BCUT2D eigenvalue weighted by Crippen LogP contribution is -2.71. The van der Waals surface area contributed by atoms with Crippen molar-refractivity contribution < 1.29 is 42.5 Å². The maximum atomic E-state index is 17.4. The van der Waals surface area contributed by atoms with Crippen LogP contribution in [0.5, 0.6) is 0 Å². The van der Waals surface area contributed by atoms with Gasteiger partial charge in [-0.1, -0.05) is 13.0 Å². The molecule has 0 radical (unpaired) electrons. The van der Waals surface area contributed by atoms with Crippen molar-refractivity contribution in [2.75, 3.05) is 5.75 Å². The fraction of sp³-hybridized carbons (Fsp3) is 0.750. The highest BCUT2D eigenvalue weighted by Gasteiger charge is 2.80. The lowest BCUT2D eigenvalue weighted by atomic mass is 9.44. The minimum atomic E-state index is -2.24. The number of aliphatic hydroxyl groups is 1. The van der Waals surface area contributed by atoms with Crippen molar-refractivity contribution >= 4 is 29.3 Å². The number of fused-ring (bicyclic) bond motifs is 7. The van der Waals surface area contributed by atoms with Crippen LogP contribution in [0.25, 0.3) is 0 Å². The van der Waals surface area contributed by atoms with Crippen LogP contribution in [-0.4, -0.2) is 69.3 Å². The Morgan fingerprint density at radius 1 is 1.18 bits per heavy atom. The number of alkyl halides is 2. The molecule has 38 heavy (non-hydrogen) atoms. The van der Waals surface area contributed by atoms with Gasteiger partial charge in [0, 0.05) is 29.6 Å². The molecule has 0 aromatic rings. The molecule has 0 amide bonds. The van der Waals surface area contributed by atoms with Gasteiger partial charge in [-0.2, -0.15) is 0 Å². The van der Waals surface area contributed by atoms with E-state index in [4.69, 9.17) is 14.2 Å². The van der Waals surface area contributed by atoms with Gasteiger partial charge < -0.3 is 19.3 Å². The Hall–Kier alpha value is -1.62. The van der Waals surface area contributed by atoms with Crippen molar-refractivity contribution in [3.05, 3.63) is 23.8 Å².